The summed E-state index contributed by atoms with van der Waals surface area (Å²) in [6.45, 7) is 3.65. The lowest BCUT2D eigenvalue weighted by molar-refractivity contribution is -0.0592. The lowest BCUT2D eigenvalue weighted by Gasteiger charge is -2.29. The second-order valence-electron chi connectivity index (χ2n) is 10.6. The molecule has 42 heavy (non-hydrogen) atoms. The molecule has 10 nitrogen and oxygen atoms in total. The number of carbonyl (C=O) groups is 1. The number of carboxylic acid groups (broad SMARTS) is 1. The molecule has 2 N–H and O–H groups in total. The minimum Gasteiger partial charge on any atom is -0.478 e. The van der Waals surface area contributed by atoms with Crippen LogP contribution in [-0.4, -0.2) is 62.4 Å². The fraction of sp³-hybridized carbons (Fsp3) is 0.355. The van der Waals surface area contributed by atoms with Crippen molar-refractivity contribution in [3.05, 3.63) is 82.9 Å². The van der Waals surface area contributed by atoms with E-state index in [9.17, 15) is 14.3 Å². The van der Waals surface area contributed by atoms with Crippen molar-refractivity contribution in [3.8, 4) is 11.9 Å². The maximum absolute atomic E-state index is 14.2. The molecule has 0 saturated carbocycles. The van der Waals surface area contributed by atoms with Gasteiger partial charge in [0.05, 0.1) is 47.4 Å². The highest BCUT2D eigenvalue weighted by atomic mass is 19.1. The molecule has 11 heteroatoms. The van der Waals surface area contributed by atoms with E-state index in [0.717, 1.165) is 49.3 Å². The Morgan fingerprint density at radius 2 is 2.07 bits per heavy atom. The van der Waals surface area contributed by atoms with E-state index >= 15 is 0 Å². The Morgan fingerprint density at radius 1 is 1.19 bits per heavy atom. The monoisotopic (exact) mass is 570 g/mol. The quantitative estimate of drug-likeness (QED) is 0.266. The zero-order valence-electron chi connectivity index (χ0n) is 23.0. The van der Waals surface area contributed by atoms with E-state index < -0.39 is 11.8 Å². The number of aromatic nitrogens is 3. The molecule has 2 atom stereocenters. The average molecular weight is 571 g/mol. The van der Waals surface area contributed by atoms with Crippen LogP contribution in [-0.2, 0) is 24.4 Å². The smallest absolute Gasteiger partial charge is 0.335 e. The number of pyridine rings is 1. The standard InChI is InChI=1S/C31H31FN6O4/c32-25-13-20(15-33)6-7-22(25)19-42-30-5-1-4-28(36-30)34-16-23-3-2-11-37(23)18-29-35-26-9-8-21(31(39)40)14-27(26)38(29)17-24-10-12-41-24/h1,4-9,13-14,23-24H,2-3,10-12,16-19H2,(H,34,36)(H,39,40)/t23?,24-/m0/s1. The fourth-order valence-electron chi connectivity index (χ4n) is 5.48. The van der Waals surface area contributed by atoms with Crippen molar-refractivity contribution >= 4 is 22.8 Å². The van der Waals surface area contributed by atoms with Crippen LogP contribution >= 0.6 is 0 Å². The summed E-state index contributed by atoms with van der Waals surface area (Å²) in [6.07, 6.45) is 3.18. The van der Waals surface area contributed by atoms with E-state index in [-0.39, 0.29) is 29.9 Å². The van der Waals surface area contributed by atoms with Crippen LogP contribution in [0.3, 0.4) is 0 Å². The van der Waals surface area contributed by atoms with E-state index in [4.69, 9.17) is 19.7 Å². The number of nitriles is 1. The summed E-state index contributed by atoms with van der Waals surface area (Å²) in [5.74, 6) is 0.496. The molecule has 0 bridgehead atoms. The SMILES string of the molecule is N#Cc1ccc(COc2cccc(NCC3CCCN3Cc3nc4ccc(C(=O)O)cc4n3C[C@@H]3CCO3)n2)c(F)c1. The number of imidazole rings is 1. The molecular weight excluding hydrogens is 539 g/mol. The molecule has 2 aliphatic heterocycles. The van der Waals surface area contributed by atoms with Gasteiger partial charge in [-0.1, -0.05) is 12.1 Å². The maximum Gasteiger partial charge on any atom is 0.335 e. The largest absolute Gasteiger partial charge is 0.478 e. The van der Waals surface area contributed by atoms with Crippen molar-refractivity contribution in [1.82, 2.24) is 19.4 Å². The molecule has 0 aliphatic carbocycles. The van der Waals surface area contributed by atoms with Crippen molar-refractivity contribution < 1.29 is 23.8 Å². The van der Waals surface area contributed by atoms with Gasteiger partial charge in [-0.2, -0.15) is 10.2 Å². The minimum atomic E-state index is -0.957. The van der Waals surface area contributed by atoms with Crippen LogP contribution in [0.4, 0.5) is 10.2 Å². The number of halogens is 1. The second-order valence-corrected chi connectivity index (χ2v) is 10.6. The second kappa shape index (κ2) is 12.1. The maximum atomic E-state index is 14.2. The van der Waals surface area contributed by atoms with Gasteiger partial charge in [-0.15, -0.1) is 0 Å². The zero-order valence-corrected chi connectivity index (χ0v) is 23.0. The van der Waals surface area contributed by atoms with Gasteiger partial charge >= 0.3 is 5.97 Å². The number of fused-ring (bicyclic) bond motifs is 1. The molecule has 216 valence electrons. The molecular formula is C31H31FN6O4. The number of likely N-dealkylation sites (tertiary alicyclic amines) is 1. The first-order valence-electron chi connectivity index (χ1n) is 14.1. The van der Waals surface area contributed by atoms with Crippen LogP contribution in [0.15, 0.2) is 54.6 Å². The molecule has 0 spiro atoms. The first kappa shape index (κ1) is 27.6. The van der Waals surface area contributed by atoms with Crippen LogP contribution in [0, 0.1) is 17.1 Å². The first-order chi connectivity index (χ1) is 20.5. The first-order valence-corrected chi connectivity index (χ1v) is 14.1. The minimum absolute atomic E-state index is 0.00521. The Balaban J connectivity index is 1.11. The average Bonchev–Trinajstić information content (AvgIpc) is 3.56. The van der Waals surface area contributed by atoms with Crippen molar-refractivity contribution in [3.63, 3.8) is 0 Å². The molecule has 2 saturated heterocycles. The normalized spacial score (nSPS) is 18.5. The number of carboxylic acids is 1. The molecule has 2 aliphatic rings. The van der Waals surface area contributed by atoms with E-state index in [1.807, 2.05) is 18.2 Å². The van der Waals surface area contributed by atoms with Gasteiger partial charge in [0.1, 0.15) is 24.1 Å². The van der Waals surface area contributed by atoms with Gasteiger partial charge in [-0.3, -0.25) is 4.90 Å². The Bertz CT molecular complexity index is 1650. The molecule has 6 rings (SSSR count). The summed E-state index contributed by atoms with van der Waals surface area (Å²) >= 11 is 0. The highest BCUT2D eigenvalue weighted by Crippen LogP contribution is 2.26. The third-order valence-electron chi connectivity index (χ3n) is 7.90. The van der Waals surface area contributed by atoms with Gasteiger partial charge in [-0.25, -0.2) is 14.2 Å². The number of hydrogen-bond acceptors (Lipinski definition) is 8. The predicted molar refractivity (Wildman–Crippen MR) is 153 cm³/mol. The topological polar surface area (TPSA) is 126 Å². The number of nitrogens with zero attached hydrogens (tertiary/aromatic N) is 5. The molecule has 1 unspecified atom stereocenters. The highest BCUT2D eigenvalue weighted by molar-refractivity contribution is 5.92. The van der Waals surface area contributed by atoms with Crippen molar-refractivity contribution in [2.24, 2.45) is 0 Å². The molecule has 0 radical (unpaired) electrons. The molecule has 2 aromatic heterocycles. The lowest BCUT2D eigenvalue weighted by atomic mass is 10.1. The summed E-state index contributed by atoms with van der Waals surface area (Å²) in [7, 11) is 0. The summed E-state index contributed by atoms with van der Waals surface area (Å²) in [4.78, 5) is 23.4. The van der Waals surface area contributed by atoms with Crippen LogP contribution < -0.4 is 10.1 Å². The van der Waals surface area contributed by atoms with Gasteiger partial charge in [0.25, 0.3) is 0 Å². The van der Waals surface area contributed by atoms with Gasteiger partial charge in [0.2, 0.25) is 5.88 Å². The van der Waals surface area contributed by atoms with Gasteiger partial charge in [0, 0.05) is 30.8 Å². The third kappa shape index (κ3) is 6.05. The van der Waals surface area contributed by atoms with Gasteiger partial charge < -0.3 is 24.5 Å². The van der Waals surface area contributed by atoms with Gasteiger partial charge in [-0.05, 0) is 62.2 Å². The van der Waals surface area contributed by atoms with Gasteiger partial charge in [0.15, 0.2) is 0 Å². The number of nitrogens with one attached hydrogen (secondary N) is 1. The van der Waals surface area contributed by atoms with E-state index in [1.54, 1.807) is 36.4 Å². The molecule has 4 aromatic rings. The van der Waals surface area contributed by atoms with E-state index in [1.165, 1.54) is 6.07 Å². The number of benzene rings is 2. The van der Waals surface area contributed by atoms with E-state index in [0.29, 0.717) is 36.9 Å². The number of aromatic carboxylic acids is 1. The summed E-state index contributed by atoms with van der Waals surface area (Å²) < 4.78 is 27.8. The third-order valence-corrected chi connectivity index (χ3v) is 7.90. The van der Waals surface area contributed by atoms with Crippen molar-refractivity contribution in [2.75, 3.05) is 25.0 Å². The molecule has 2 fully saturated rings. The Hall–Kier alpha value is -4.53. The van der Waals surface area contributed by atoms with Crippen LogP contribution in [0.2, 0.25) is 0 Å². The lowest BCUT2D eigenvalue weighted by Crippen LogP contribution is -2.36. The number of hydrogen-bond donors (Lipinski definition) is 2. The van der Waals surface area contributed by atoms with E-state index in [2.05, 4.69) is 19.8 Å². The summed E-state index contributed by atoms with van der Waals surface area (Å²) in [5.41, 5.74) is 2.46. The van der Waals surface area contributed by atoms with Crippen molar-refractivity contribution in [2.45, 2.75) is 51.1 Å². The number of rotatable bonds is 11. The summed E-state index contributed by atoms with van der Waals surface area (Å²) in [5, 5.41) is 21.9. The van der Waals surface area contributed by atoms with Crippen LogP contribution in [0.5, 0.6) is 5.88 Å². The Kier molecular flexibility index (Phi) is 7.99. The zero-order chi connectivity index (χ0) is 29.1. The number of anilines is 1. The molecule has 4 heterocycles. The Morgan fingerprint density at radius 3 is 2.83 bits per heavy atom. The van der Waals surface area contributed by atoms with Crippen LogP contribution in [0.1, 0.15) is 46.6 Å². The molecule has 2 aromatic carbocycles. The number of ether oxygens (including phenoxy) is 2. The molecule has 0 amide bonds. The summed E-state index contributed by atoms with van der Waals surface area (Å²) in [6, 6.07) is 17.0. The van der Waals surface area contributed by atoms with Crippen LogP contribution in [0.25, 0.3) is 11.0 Å². The predicted octanol–water partition coefficient (Wildman–Crippen LogP) is 4.58. The highest BCUT2D eigenvalue weighted by Gasteiger charge is 2.28. The Labute approximate surface area is 242 Å². The fourth-order valence-corrected chi connectivity index (χ4v) is 5.48. The van der Waals surface area contributed by atoms with Crippen molar-refractivity contribution in [1.29, 1.82) is 5.26 Å².